The van der Waals surface area contributed by atoms with Gasteiger partial charge in [0.15, 0.2) is 0 Å². The molecule has 0 N–H and O–H groups in total. The van der Waals surface area contributed by atoms with Crippen LogP contribution in [0, 0.1) is 0 Å². The average Bonchev–Trinajstić information content (AvgIpc) is 2.69. The lowest BCUT2D eigenvalue weighted by molar-refractivity contribution is -0.132. The lowest BCUT2D eigenvalue weighted by atomic mass is 9.63. The Hall–Kier alpha value is -3.00. The number of hydrogen-bond donors (Lipinski definition) is 0. The summed E-state index contributed by atoms with van der Waals surface area (Å²) in [5.74, 6) is -0.762. The van der Waals surface area contributed by atoms with Crippen molar-refractivity contribution in [1.29, 1.82) is 0 Å². The number of benzene rings is 3. The van der Waals surface area contributed by atoms with Crippen LogP contribution >= 0.6 is 0 Å². The Labute approximate surface area is 153 Å². The quantitative estimate of drug-likeness (QED) is 0.637. The molecule has 26 heavy (non-hydrogen) atoms. The number of carbonyl (C=O) groups excluding carboxylic acids is 2. The fourth-order valence-electron chi connectivity index (χ4n) is 4.15. The monoisotopic (exact) mass is 340 g/mol. The summed E-state index contributed by atoms with van der Waals surface area (Å²) >= 11 is 0. The molecule has 3 aromatic carbocycles. The zero-order valence-electron chi connectivity index (χ0n) is 14.4. The summed E-state index contributed by atoms with van der Waals surface area (Å²) in [6.07, 6.45) is 0.00244. The van der Waals surface area contributed by atoms with Crippen molar-refractivity contribution in [3.8, 4) is 0 Å². The van der Waals surface area contributed by atoms with Crippen molar-refractivity contribution < 1.29 is 9.59 Å². The number of carbonyl (C=O) groups is 2. The van der Waals surface area contributed by atoms with E-state index < -0.39 is 0 Å². The number of rotatable bonds is 3. The van der Waals surface area contributed by atoms with Gasteiger partial charge in [-0.3, -0.25) is 9.59 Å². The molecule has 128 valence electrons. The van der Waals surface area contributed by atoms with Crippen molar-refractivity contribution in [2.24, 2.45) is 0 Å². The zero-order valence-corrected chi connectivity index (χ0v) is 14.4. The van der Waals surface area contributed by atoms with Gasteiger partial charge in [0.25, 0.3) is 0 Å². The summed E-state index contributed by atoms with van der Waals surface area (Å²) in [4.78, 5) is 25.9. The Morgan fingerprint density at radius 2 is 0.846 bits per heavy atom. The average molecular weight is 340 g/mol. The molecule has 0 aromatic heterocycles. The first-order chi connectivity index (χ1) is 12.8. The second-order valence-corrected chi connectivity index (χ2v) is 6.82. The second-order valence-electron chi connectivity index (χ2n) is 6.82. The number of Topliss-reactive ketones (excluding diaryl/α,β-unsaturated/α-hetero) is 2. The fourth-order valence-corrected chi connectivity index (χ4v) is 4.15. The molecule has 4 rings (SSSR count). The van der Waals surface area contributed by atoms with Gasteiger partial charge in [0, 0.05) is 5.92 Å². The van der Waals surface area contributed by atoms with E-state index in [2.05, 4.69) is 0 Å². The molecule has 1 fully saturated rings. The Bertz CT molecular complexity index is 843. The first-order valence-corrected chi connectivity index (χ1v) is 8.96. The van der Waals surface area contributed by atoms with Gasteiger partial charge >= 0.3 is 0 Å². The van der Waals surface area contributed by atoms with Crippen molar-refractivity contribution in [3.05, 3.63) is 108 Å². The van der Waals surface area contributed by atoms with Crippen LogP contribution in [0.4, 0.5) is 0 Å². The van der Waals surface area contributed by atoms with E-state index in [1.807, 2.05) is 91.0 Å². The second kappa shape index (κ2) is 7.09. The van der Waals surface area contributed by atoms with E-state index in [0.29, 0.717) is 0 Å². The largest absolute Gasteiger partial charge is 0.299 e. The van der Waals surface area contributed by atoms with Crippen LogP contribution in [-0.2, 0) is 9.59 Å². The Balaban J connectivity index is 1.89. The van der Waals surface area contributed by atoms with Crippen molar-refractivity contribution in [3.63, 3.8) is 0 Å². The normalized spacial score (nSPS) is 23.0. The molecule has 0 radical (unpaired) electrons. The molecule has 2 nitrogen and oxygen atoms in total. The fraction of sp³-hybridized carbons (Fsp3) is 0.167. The van der Waals surface area contributed by atoms with Gasteiger partial charge in [-0.15, -0.1) is 0 Å². The highest BCUT2D eigenvalue weighted by Gasteiger charge is 2.45. The Kier molecular flexibility index (Phi) is 4.49. The molecule has 0 saturated heterocycles. The van der Waals surface area contributed by atoms with Crippen LogP contribution in [-0.4, -0.2) is 11.6 Å². The van der Waals surface area contributed by atoms with E-state index in [4.69, 9.17) is 0 Å². The van der Waals surface area contributed by atoms with Crippen molar-refractivity contribution in [2.75, 3.05) is 0 Å². The van der Waals surface area contributed by atoms with Crippen LogP contribution in [0.25, 0.3) is 0 Å². The lowest BCUT2D eigenvalue weighted by Crippen LogP contribution is -2.37. The topological polar surface area (TPSA) is 34.1 Å². The molecule has 3 aromatic rings. The number of hydrogen-bond acceptors (Lipinski definition) is 2. The standard InChI is InChI=1S/C24H20O2/c25-20-16-21(26)23(18-12-6-2-7-13-18)24(19-14-8-3-9-15-19)22(20)17-10-4-1-5-11-17/h1-15,22-24H,16H2. The number of ketones is 2. The van der Waals surface area contributed by atoms with Gasteiger partial charge in [0.1, 0.15) is 11.6 Å². The summed E-state index contributed by atoms with van der Waals surface area (Å²) < 4.78 is 0. The van der Waals surface area contributed by atoms with Gasteiger partial charge in [0.05, 0.1) is 18.3 Å². The summed E-state index contributed by atoms with van der Waals surface area (Å²) in [6.45, 7) is 0. The van der Waals surface area contributed by atoms with Crippen LogP contribution in [0.2, 0.25) is 0 Å². The lowest BCUT2D eigenvalue weighted by Gasteiger charge is -2.37. The minimum absolute atomic E-state index is 0.00244. The molecule has 2 unspecified atom stereocenters. The molecule has 0 heterocycles. The van der Waals surface area contributed by atoms with E-state index in [0.717, 1.165) is 16.7 Å². The molecule has 1 saturated carbocycles. The van der Waals surface area contributed by atoms with Gasteiger partial charge in [-0.25, -0.2) is 0 Å². The summed E-state index contributed by atoms with van der Waals surface area (Å²) in [7, 11) is 0. The van der Waals surface area contributed by atoms with E-state index >= 15 is 0 Å². The first-order valence-electron chi connectivity index (χ1n) is 8.96. The molecule has 2 heteroatoms. The predicted molar refractivity (Wildman–Crippen MR) is 102 cm³/mol. The first kappa shape index (κ1) is 16.5. The molecule has 1 aliphatic rings. The highest BCUT2D eigenvalue weighted by Crippen LogP contribution is 2.48. The molecule has 0 aliphatic heterocycles. The zero-order chi connectivity index (χ0) is 17.9. The molecule has 0 spiro atoms. The van der Waals surface area contributed by atoms with Crippen LogP contribution in [0.15, 0.2) is 91.0 Å². The third-order valence-electron chi connectivity index (χ3n) is 5.26. The van der Waals surface area contributed by atoms with Gasteiger partial charge in [-0.05, 0) is 16.7 Å². The summed E-state index contributed by atoms with van der Waals surface area (Å²) in [5.41, 5.74) is 3.01. The molecule has 2 atom stereocenters. The van der Waals surface area contributed by atoms with Gasteiger partial charge in [0.2, 0.25) is 0 Å². The van der Waals surface area contributed by atoms with Gasteiger partial charge < -0.3 is 0 Å². The van der Waals surface area contributed by atoms with Crippen molar-refractivity contribution in [1.82, 2.24) is 0 Å². The molecule has 0 amide bonds. The molecule has 1 aliphatic carbocycles. The molecule has 0 bridgehead atoms. The van der Waals surface area contributed by atoms with Gasteiger partial charge in [-0.2, -0.15) is 0 Å². The van der Waals surface area contributed by atoms with Crippen LogP contribution in [0.1, 0.15) is 40.9 Å². The van der Waals surface area contributed by atoms with E-state index in [1.54, 1.807) is 0 Å². The van der Waals surface area contributed by atoms with Crippen LogP contribution in [0.3, 0.4) is 0 Å². The Morgan fingerprint density at radius 3 is 1.23 bits per heavy atom. The molecular weight excluding hydrogens is 320 g/mol. The minimum Gasteiger partial charge on any atom is -0.299 e. The highest BCUT2D eigenvalue weighted by atomic mass is 16.2. The van der Waals surface area contributed by atoms with Crippen molar-refractivity contribution in [2.45, 2.75) is 24.2 Å². The Morgan fingerprint density at radius 1 is 0.500 bits per heavy atom. The van der Waals surface area contributed by atoms with E-state index in [9.17, 15) is 9.59 Å². The van der Waals surface area contributed by atoms with E-state index in [-0.39, 0.29) is 35.7 Å². The summed E-state index contributed by atoms with van der Waals surface area (Å²) in [5, 5.41) is 0. The maximum absolute atomic E-state index is 12.9. The van der Waals surface area contributed by atoms with Crippen LogP contribution < -0.4 is 0 Å². The van der Waals surface area contributed by atoms with Gasteiger partial charge in [-0.1, -0.05) is 91.0 Å². The smallest absolute Gasteiger partial charge is 0.148 e. The third-order valence-corrected chi connectivity index (χ3v) is 5.26. The minimum atomic E-state index is -0.304. The predicted octanol–water partition coefficient (Wildman–Crippen LogP) is 4.88. The summed E-state index contributed by atoms with van der Waals surface area (Å²) in [6, 6.07) is 29.7. The van der Waals surface area contributed by atoms with E-state index in [1.165, 1.54) is 0 Å². The van der Waals surface area contributed by atoms with Crippen molar-refractivity contribution >= 4 is 11.6 Å². The maximum Gasteiger partial charge on any atom is 0.148 e. The highest BCUT2D eigenvalue weighted by molar-refractivity contribution is 6.08. The maximum atomic E-state index is 12.9. The van der Waals surface area contributed by atoms with Crippen LogP contribution in [0.5, 0.6) is 0 Å². The molecular formula is C24H20O2. The third kappa shape index (κ3) is 2.99. The SMILES string of the molecule is O=C1CC(=O)C(c2ccccc2)C(c2ccccc2)C1c1ccccc1.